The molecule has 3 heterocycles. The highest BCUT2D eigenvalue weighted by Gasteiger charge is 2.93. The van der Waals surface area contributed by atoms with Crippen molar-refractivity contribution in [2.45, 2.75) is 31.5 Å². The van der Waals surface area contributed by atoms with Gasteiger partial charge in [-0.25, -0.2) is 0 Å². The number of hydrogen-bond donors (Lipinski definition) is 0. The van der Waals surface area contributed by atoms with Crippen molar-refractivity contribution in [1.29, 1.82) is 0 Å². The molecule has 4 aliphatic rings. The van der Waals surface area contributed by atoms with Crippen LogP contribution in [0.2, 0.25) is 0 Å². The van der Waals surface area contributed by atoms with Crippen molar-refractivity contribution in [2.75, 3.05) is 0 Å². The van der Waals surface area contributed by atoms with Crippen LogP contribution in [0.3, 0.4) is 0 Å². The smallest absolute Gasteiger partial charge is 0.323 e. The van der Waals surface area contributed by atoms with Crippen LogP contribution in [-0.4, -0.2) is 24.1 Å². The van der Waals surface area contributed by atoms with Crippen LogP contribution in [0.25, 0.3) is 0 Å². The number of fused-ring (bicyclic) bond motifs is 2. The second-order valence-corrected chi connectivity index (χ2v) is 4.49. The van der Waals surface area contributed by atoms with E-state index in [-0.39, 0.29) is 24.1 Å². The van der Waals surface area contributed by atoms with Crippen LogP contribution in [-0.2, 0) is 19.1 Å². The van der Waals surface area contributed by atoms with Crippen LogP contribution >= 0.6 is 0 Å². The zero-order valence-corrected chi connectivity index (χ0v) is 6.91. The van der Waals surface area contributed by atoms with Crippen molar-refractivity contribution in [3.05, 3.63) is 0 Å². The summed E-state index contributed by atoms with van der Waals surface area (Å²) in [5.41, 5.74) is -1.07. The van der Waals surface area contributed by atoms with E-state index in [1.165, 1.54) is 0 Å². The molecule has 1 saturated carbocycles. The Kier molecular flexibility index (Phi) is 0.721. The Hall–Kier alpha value is -0.900. The second-order valence-electron chi connectivity index (χ2n) is 4.49. The lowest BCUT2D eigenvalue weighted by Gasteiger charge is -2.13. The molecule has 4 nitrogen and oxygen atoms in total. The number of rotatable bonds is 0. The van der Waals surface area contributed by atoms with Crippen LogP contribution in [0.1, 0.15) is 19.3 Å². The third-order valence-corrected chi connectivity index (χ3v) is 4.26. The molecule has 0 aromatic carbocycles. The molecule has 1 aliphatic carbocycles. The van der Waals surface area contributed by atoms with Gasteiger partial charge >= 0.3 is 11.9 Å². The van der Waals surface area contributed by atoms with Crippen molar-refractivity contribution < 1.29 is 19.1 Å². The van der Waals surface area contributed by atoms with Crippen LogP contribution in [0.15, 0.2) is 0 Å². The molecular formula is C9H8O4. The molecule has 0 radical (unpaired) electrons. The first kappa shape index (κ1) is 6.54. The first-order valence-corrected chi connectivity index (χ1v) is 4.64. The van der Waals surface area contributed by atoms with Gasteiger partial charge in [0.25, 0.3) is 0 Å². The van der Waals surface area contributed by atoms with Gasteiger partial charge in [0, 0.05) is 0 Å². The van der Waals surface area contributed by atoms with Crippen molar-refractivity contribution >= 4 is 11.9 Å². The Morgan fingerprint density at radius 2 is 1.62 bits per heavy atom. The number of hydrogen-bond acceptors (Lipinski definition) is 4. The lowest BCUT2D eigenvalue weighted by molar-refractivity contribution is -0.163. The Morgan fingerprint density at radius 3 is 2.15 bits per heavy atom. The van der Waals surface area contributed by atoms with Crippen molar-refractivity contribution in [3.8, 4) is 0 Å². The third kappa shape index (κ3) is 0.381. The molecule has 13 heavy (non-hydrogen) atoms. The summed E-state index contributed by atoms with van der Waals surface area (Å²) in [4.78, 5) is 23.0. The van der Waals surface area contributed by atoms with Gasteiger partial charge in [0.05, 0.1) is 12.2 Å². The Labute approximate surface area is 74.2 Å². The molecule has 4 heteroatoms. The van der Waals surface area contributed by atoms with Crippen molar-refractivity contribution in [3.63, 3.8) is 0 Å². The number of ether oxygens (including phenoxy) is 2. The van der Waals surface area contributed by atoms with E-state index < -0.39 is 10.8 Å². The van der Waals surface area contributed by atoms with Gasteiger partial charge in [0.2, 0.25) is 0 Å². The molecule has 3 saturated heterocycles. The predicted molar refractivity (Wildman–Crippen MR) is 38.5 cm³/mol. The predicted octanol–water partition coefficient (Wildman–Crippen LogP) is 0.00750. The van der Waals surface area contributed by atoms with E-state index in [0.29, 0.717) is 6.42 Å². The van der Waals surface area contributed by atoms with Crippen molar-refractivity contribution in [1.82, 2.24) is 0 Å². The Balaban J connectivity index is 1.98. The molecule has 68 valence electrons. The van der Waals surface area contributed by atoms with E-state index in [1.54, 1.807) is 0 Å². The summed E-state index contributed by atoms with van der Waals surface area (Å²) in [6.07, 6.45) is 2.45. The molecule has 4 rings (SSSR count). The van der Waals surface area contributed by atoms with Crippen molar-refractivity contribution in [2.24, 2.45) is 10.8 Å². The number of cyclic esters (lactones) is 2. The van der Waals surface area contributed by atoms with Gasteiger partial charge in [-0.3, -0.25) is 9.59 Å². The minimum atomic E-state index is -0.535. The molecule has 4 atom stereocenters. The fourth-order valence-corrected chi connectivity index (χ4v) is 3.60. The molecule has 2 bridgehead atoms. The van der Waals surface area contributed by atoms with E-state index in [2.05, 4.69) is 0 Å². The quantitative estimate of drug-likeness (QED) is 0.389. The zero-order chi connectivity index (χ0) is 8.84. The van der Waals surface area contributed by atoms with Crippen LogP contribution < -0.4 is 0 Å². The van der Waals surface area contributed by atoms with Gasteiger partial charge in [-0.1, -0.05) is 0 Å². The lowest BCUT2D eigenvalue weighted by atomic mass is 9.81. The molecule has 3 aliphatic heterocycles. The molecule has 0 amide bonds. The first-order chi connectivity index (χ1) is 6.22. The molecular weight excluding hydrogens is 172 g/mol. The minimum Gasteiger partial charge on any atom is -0.392 e. The van der Waals surface area contributed by atoms with E-state index in [9.17, 15) is 9.59 Å². The molecule has 0 aromatic heterocycles. The van der Waals surface area contributed by atoms with Crippen LogP contribution in [0.5, 0.6) is 0 Å². The van der Waals surface area contributed by atoms with Crippen LogP contribution in [0, 0.1) is 10.8 Å². The zero-order valence-electron chi connectivity index (χ0n) is 6.91. The van der Waals surface area contributed by atoms with Gasteiger partial charge in [0.1, 0.15) is 10.8 Å². The van der Waals surface area contributed by atoms with Gasteiger partial charge in [-0.15, -0.1) is 0 Å². The highest BCUT2D eigenvalue weighted by atomic mass is 16.6. The molecule has 0 aromatic rings. The average molecular weight is 180 g/mol. The van der Waals surface area contributed by atoms with Gasteiger partial charge in [-0.2, -0.15) is 0 Å². The summed E-state index contributed by atoms with van der Waals surface area (Å²) in [6.45, 7) is 0. The second kappa shape index (κ2) is 1.43. The summed E-state index contributed by atoms with van der Waals surface area (Å²) in [6, 6.07) is 0. The van der Waals surface area contributed by atoms with Gasteiger partial charge in [-0.05, 0) is 19.3 Å². The number of carbonyl (C=O) groups is 2. The summed E-state index contributed by atoms with van der Waals surface area (Å²) in [5.74, 6) is -0.658. The lowest BCUT2D eigenvalue weighted by Crippen LogP contribution is -2.29. The van der Waals surface area contributed by atoms with Gasteiger partial charge < -0.3 is 9.47 Å². The summed E-state index contributed by atoms with van der Waals surface area (Å²) < 4.78 is 10.3. The fraction of sp³-hybridized carbons (Fsp3) is 0.778. The summed E-state index contributed by atoms with van der Waals surface area (Å²) in [5, 5.41) is 0. The maximum atomic E-state index is 11.5. The highest BCUT2D eigenvalue weighted by Crippen LogP contribution is 2.80. The molecule has 4 fully saturated rings. The SMILES string of the molecule is O=C1OC(=O)C23CC12C1CCC3O1. The number of esters is 2. The first-order valence-electron chi connectivity index (χ1n) is 4.64. The third-order valence-electron chi connectivity index (χ3n) is 4.26. The van der Waals surface area contributed by atoms with Crippen LogP contribution in [0.4, 0.5) is 0 Å². The average Bonchev–Trinajstić information content (AvgIpc) is 2.40. The monoisotopic (exact) mass is 180 g/mol. The van der Waals surface area contributed by atoms with E-state index >= 15 is 0 Å². The maximum absolute atomic E-state index is 11.5. The maximum Gasteiger partial charge on any atom is 0.323 e. The molecule has 0 N–H and O–H groups in total. The topological polar surface area (TPSA) is 52.6 Å². The number of carbonyl (C=O) groups excluding carboxylic acids is 2. The van der Waals surface area contributed by atoms with Gasteiger partial charge in [0.15, 0.2) is 0 Å². The van der Waals surface area contributed by atoms with E-state index in [0.717, 1.165) is 12.8 Å². The normalized spacial score (nSPS) is 60.6. The Morgan fingerprint density at radius 1 is 1.08 bits per heavy atom. The largest absolute Gasteiger partial charge is 0.392 e. The summed E-state index contributed by atoms with van der Waals surface area (Å²) in [7, 11) is 0. The highest BCUT2D eigenvalue weighted by molar-refractivity contribution is 6.08. The summed E-state index contributed by atoms with van der Waals surface area (Å²) >= 11 is 0. The molecule has 0 spiro atoms. The molecule has 4 unspecified atom stereocenters. The minimum absolute atomic E-state index is 0.0311. The van der Waals surface area contributed by atoms with E-state index in [1.807, 2.05) is 0 Å². The Bertz CT molecular complexity index is 331. The van der Waals surface area contributed by atoms with E-state index in [4.69, 9.17) is 9.47 Å². The standard InChI is InChI=1S/C9H8O4/c10-6-8-3-9(8,7(11)13-6)5-2-1-4(8)12-5/h4-5H,1-3H2. The fourth-order valence-electron chi connectivity index (χ4n) is 3.60.